The lowest BCUT2D eigenvalue weighted by atomic mass is 10.1. The van der Waals surface area contributed by atoms with E-state index >= 15 is 0 Å². The standard InChI is InChI=1S/C12H14N4O3S/c1-3-8-4-5-11(10(6-8)16(17)18)19-7-9-12(13-2)20-15-14-9/h4-6,13H,3,7H2,1-2H3. The van der Waals surface area contributed by atoms with E-state index in [0.29, 0.717) is 5.69 Å². The summed E-state index contributed by atoms with van der Waals surface area (Å²) < 4.78 is 9.31. The van der Waals surface area contributed by atoms with Crippen molar-refractivity contribution in [2.45, 2.75) is 20.0 Å². The van der Waals surface area contributed by atoms with E-state index in [9.17, 15) is 10.1 Å². The summed E-state index contributed by atoms with van der Waals surface area (Å²) >= 11 is 1.22. The maximum Gasteiger partial charge on any atom is 0.311 e. The van der Waals surface area contributed by atoms with Gasteiger partial charge in [-0.2, -0.15) is 0 Å². The van der Waals surface area contributed by atoms with Crippen molar-refractivity contribution in [3.8, 4) is 5.75 Å². The van der Waals surface area contributed by atoms with Crippen LogP contribution in [0.15, 0.2) is 18.2 Å². The average Bonchev–Trinajstić information content (AvgIpc) is 2.92. The summed E-state index contributed by atoms with van der Waals surface area (Å²) in [5.41, 5.74) is 1.50. The highest BCUT2D eigenvalue weighted by Crippen LogP contribution is 2.29. The van der Waals surface area contributed by atoms with Gasteiger partial charge in [0.05, 0.1) is 4.92 Å². The highest BCUT2D eigenvalue weighted by Gasteiger charge is 2.17. The number of aryl methyl sites for hydroxylation is 1. The molecule has 0 atom stereocenters. The van der Waals surface area contributed by atoms with Crippen molar-refractivity contribution in [2.24, 2.45) is 0 Å². The minimum Gasteiger partial charge on any atom is -0.480 e. The second kappa shape index (κ2) is 6.29. The lowest BCUT2D eigenvalue weighted by Gasteiger charge is -2.07. The number of nitro benzene ring substituents is 1. The molecule has 20 heavy (non-hydrogen) atoms. The van der Waals surface area contributed by atoms with E-state index in [1.54, 1.807) is 13.1 Å². The van der Waals surface area contributed by atoms with E-state index in [2.05, 4.69) is 14.9 Å². The van der Waals surface area contributed by atoms with E-state index in [-0.39, 0.29) is 18.0 Å². The third-order valence-corrected chi connectivity index (χ3v) is 3.56. The van der Waals surface area contributed by atoms with Gasteiger partial charge in [0.2, 0.25) is 0 Å². The number of ether oxygens (including phenoxy) is 1. The third kappa shape index (κ3) is 3.02. The van der Waals surface area contributed by atoms with Crippen LogP contribution in [-0.2, 0) is 13.0 Å². The molecule has 0 radical (unpaired) electrons. The van der Waals surface area contributed by atoms with Crippen LogP contribution in [0.5, 0.6) is 5.75 Å². The molecule has 0 spiro atoms. The Balaban J connectivity index is 2.19. The highest BCUT2D eigenvalue weighted by molar-refractivity contribution is 7.10. The van der Waals surface area contributed by atoms with Crippen LogP contribution in [0.1, 0.15) is 18.2 Å². The number of nitrogens with one attached hydrogen (secondary N) is 1. The summed E-state index contributed by atoms with van der Waals surface area (Å²) in [6, 6.07) is 4.98. The first kappa shape index (κ1) is 14.2. The minimum absolute atomic E-state index is 0.0291. The molecule has 0 aliphatic carbocycles. The molecule has 0 fully saturated rings. The predicted octanol–water partition coefficient (Wildman–Crippen LogP) is 2.63. The monoisotopic (exact) mass is 294 g/mol. The molecule has 8 heteroatoms. The summed E-state index contributed by atoms with van der Waals surface area (Å²) in [7, 11) is 1.76. The van der Waals surface area contributed by atoms with E-state index in [0.717, 1.165) is 17.0 Å². The first-order chi connectivity index (χ1) is 9.65. The van der Waals surface area contributed by atoms with Crippen LogP contribution in [0, 0.1) is 10.1 Å². The third-order valence-electron chi connectivity index (χ3n) is 2.78. The van der Waals surface area contributed by atoms with Crippen LogP contribution in [0.2, 0.25) is 0 Å². The van der Waals surface area contributed by atoms with E-state index < -0.39 is 4.92 Å². The molecule has 2 rings (SSSR count). The zero-order valence-electron chi connectivity index (χ0n) is 11.1. The second-order valence-electron chi connectivity index (χ2n) is 4.00. The fourth-order valence-electron chi connectivity index (χ4n) is 1.69. The molecule has 0 aliphatic rings. The number of rotatable bonds is 6. The van der Waals surface area contributed by atoms with Gasteiger partial charge in [-0.25, -0.2) is 0 Å². The number of anilines is 1. The lowest BCUT2D eigenvalue weighted by Crippen LogP contribution is -2.02. The highest BCUT2D eigenvalue weighted by atomic mass is 32.1. The molecule has 2 aromatic rings. The Hall–Kier alpha value is -2.22. The van der Waals surface area contributed by atoms with Crippen molar-refractivity contribution in [1.82, 2.24) is 9.59 Å². The Bertz CT molecular complexity index is 614. The summed E-state index contributed by atoms with van der Waals surface area (Å²) in [6.45, 7) is 2.08. The molecule has 0 amide bonds. The molecule has 106 valence electrons. The summed E-state index contributed by atoms with van der Waals surface area (Å²) in [4.78, 5) is 10.6. The van der Waals surface area contributed by atoms with Crippen LogP contribution in [0.4, 0.5) is 10.7 Å². The van der Waals surface area contributed by atoms with Gasteiger partial charge in [0.1, 0.15) is 17.3 Å². The van der Waals surface area contributed by atoms with Gasteiger partial charge < -0.3 is 10.1 Å². The minimum atomic E-state index is -0.438. The Morgan fingerprint density at radius 3 is 2.95 bits per heavy atom. The molecule has 7 nitrogen and oxygen atoms in total. The first-order valence-corrected chi connectivity index (χ1v) is 6.82. The predicted molar refractivity (Wildman–Crippen MR) is 76.3 cm³/mol. The number of nitro groups is 1. The molecule has 1 aromatic carbocycles. The number of aromatic nitrogens is 2. The lowest BCUT2D eigenvalue weighted by molar-refractivity contribution is -0.386. The molecule has 0 bridgehead atoms. The van der Waals surface area contributed by atoms with Gasteiger partial charge in [-0.1, -0.05) is 17.5 Å². The number of hydrogen-bond donors (Lipinski definition) is 1. The van der Waals surface area contributed by atoms with Gasteiger partial charge in [-0.3, -0.25) is 10.1 Å². The van der Waals surface area contributed by atoms with Gasteiger partial charge in [0.25, 0.3) is 0 Å². The molecule has 0 aliphatic heterocycles. The molecular weight excluding hydrogens is 280 g/mol. The summed E-state index contributed by atoms with van der Waals surface area (Å²) in [5.74, 6) is 0.238. The quantitative estimate of drug-likeness (QED) is 0.650. The van der Waals surface area contributed by atoms with E-state index in [1.165, 1.54) is 17.6 Å². The molecular formula is C12H14N4O3S. The average molecular weight is 294 g/mol. The number of benzene rings is 1. The fraction of sp³-hybridized carbons (Fsp3) is 0.333. The first-order valence-electron chi connectivity index (χ1n) is 6.04. The maximum atomic E-state index is 11.1. The van der Waals surface area contributed by atoms with Crippen molar-refractivity contribution in [3.63, 3.8) is 0 Å². The summed E-state index contributed by atoms with van der Waals surface area (Å²) in [5, 5.41) is 18.7. The smallest absolute Gasteiger partial charge is 0.311 e. The molecule has 1 N–H and O–H groups in total. The van der Waals surface area contributed by atoms with Gasteiger partial charge in [-0.05, 0) is 18.1 Å². The van der Waals surface area contributed by atoms with Crippen molar-refractivity contribution < 1.29 is 9.66 Å². The van der Waals surface area contributed by atoms with Gasteiger partial charge >= 0.3 is 5.69 Å². The number of nitrogens with zero attached hydrogens (tertiary/aromatic N) is 3. The zero-order chi connectivity index (χ0) is 14.5. The zero-order valence-corrected chi connectivity index (χ0v) is 11.9. The van der Waals surface area contributed by atoms with Crippen LogP contribution in [0.25, 0.3) is 0 Å². The largest absolute Gasteiger partial charge is 0.480 e. The van der Waals surface area contributed by atoms with Crippen molar-refractivity contribution >= 4 is 22.2 Å². The van der Waals surface area contributed by atoms with Crippen LogP contribution in [0.3, 0.4) is 0 Å². The Kier molecular flexibility index (Phi) is 4.46. The van der Waals surface area contributed by atoms with Gasteiger partial charge in [-0.15, -0.1) is 5.10 Å². The van der Waals surface area contributed by atoms with Crippen LogP contribution >= 0.6 is 11.5 Å². The van der Waals surface area contributed by atoms with Crippen LogP contribution in [-0.4, -0.2) is 21.6 Å². The Morgan fingerprint density at radius 1 is 1.50 bits per heavy atom. The Morgan fingerprint density at radius 2 is 2.30 bits per heavy atom. The maximum absolute atomic E-state index is 11.1. The van der Waals surface area contributed by atoms with Crippen molar-refractivity contribution in [2.75, 3.05) is 12.4 Å². The number of hydrogen-bond acceptors (Lipinski definition) is 7. The molecule has 1 heterocycles. The summed E-state index contributed by atoms with van der Waals surface area (Å²) in [6.07, 6.45) is 0.737. The Labute approximate surface area is 119 Å². The van der Waals surface area contributed by atoms with Crippen molar-refractivity contribution in [3.05, 3.63) is 39.6 Å². The molecule has 0 unspecified atom stereocenters. The molecule has 0 saturated heterocycles. The SMILES string of the molecule is CCc1ccc(OCc2nnsc2NC)c([N+](=O)[O-])c1. The van der Waals surface area contributed by atoms with Gasteiger partial charge in [0, 0.05) is 24.6 Å². The molecule has 0 saturated carbocycles. The molecule has 1 aromatic heterocycles. The van der Waals surface area contributed by atoms with E-state index in [1.807, 2.05) is 13.0 Å². The van der Waals surface area contributed by atoms with Crippen LogP contribution < -0.4 is 10.1 Å². The topological polar surface area (TPSA) is 90.2 Å². The fourth-order valence-corrected chi connectivity index (χ4v) is 2.20. The second-order valence-corrected chi connectivity index (χ2v) is 4.75. The van der Waals surface area contributed by atoms with Crippen molar-refractivity contribution in [1.29, 1.82) is 0 Å². The van der Waals surface area contributed by atoms with Gasteiger partial charge in [0.15, 0.2) is 5.75 Å². The normalized spacial score (nSPS) is 10.3. The van der Waals surface area contributed by atoms with E-state index in [4.69, 9.17) is 4.74 Å².